The van der Waals surface area contributed by atoms with Gasteiger partial charge in [0.05, 0.1) is 5.69 Å². The summed E-state index contributed by atoms with van der Waals surface area (Å²) >= 11 is 0. The molecule has 0 saturated heterocycles. The third kappa shape index (κ3) is 5.07. The molecule has 0 aliphatic rings. The smallest absolute Gasteiger partial charge is 0.228 e. The number of rotatable bonds is 7. The molecule has 2 N–H and O–H groups in total. The summed E-state index contributed by atoms with van der Waals surface area (Å²) in [7, 11) is 0. The Morgan fingerprint density at radius 1 is 1.17 bits per heavy atom. The van der Waals surface area contributed by atoms with Crippen molar-refractivity contribution >= 4 is 5.96 Å². The highest BCUT2D eigenvalue weighted by Crippen LogP contribution is 2.10. The van der Waals surface area contributed by atoms with Crippen molar-refractivity contribution in [3.05, 3.63) is 29.1 Å². The summed E-state index contributed by atoms with van der Waals surface area (Å²) in [4.78, 5) is 13.2. The minimum absolute atomic E-state index is 0.266. The van der Waals surface area contributed by atoms with E-state index in [4.69, 9.17) is 8.94 Å². The van der Waals surface area contributed by atoms with Crippen LogP contribution < -0.4 is 10.6 Å². The number of nitrogens with zero attached hydrogens (tertiary/aromatic N) is 4. The van der Waals surface area contributed by atoms with Gasteiger partial charge < -0.3 is 19.6 Å². The van der Waals surface area contributed by atoms with Crippen molar-refractivity contribution in [3.8, 4) is 0 Å². The monoisotopic (exact) mass is 334 g/mol. The second kappa shape index (κ2) is 8.47. The van der Waals surface area contributed by atoms with Crippen LogP contribution in [0.1, 0.15) is 55.7 Å². The van der Waals surface area contributed by atoms with Crippen molar-refractivity contribution in [2.75, 3.05) is 13.1 Å². The van der Waals surface area contributed by atoms with Crippen LogP contribution in [0.3, 0.4) is 0 Å². The van der Waals surface area contributed by atoms with Crippen LogP contribution in [0.15, 0.2) is 13.9 Å². The van der Waals surface area contributed by atoms with Crippen LogP contribution in [-0.2, 0) is 13.0 Å². The van der Waals surface area contributed by atoms with Gasteiger partial charge in [-0.2, -0.15) is 4.98 Å². The molecule has 0 aliphatic carbocycles. The second-order valence-corrected chi connectivity index (χ2v) is 5.82. The second-order valence-electron chi connectivity index (χ2n) is 5.82. The first-order valence-electron chi connectivity index (χ1n) is 8.27. The van der Waals surface area contributed by atoms with Gasteiger partial charge in [-0.1, -0.05) is 19.0 Å². The van der Waals surface area contributed by atoms with Gasteiger partial charge in [-0.3, -0.25) is 0 Å². The van der Waals surface area contributed by atoms with Gasteiger partial charge in [0.25, 0.3) is 0 Å². The maximum Gasteiger partial charge on any atom is 0.228 e. The van der Waals surface area contributed by atoms with E-state index in [1.807, 2.05) is 34.6 Å². The Hall–Kier alpha value is -2.38. The lowest BCUT2D eigenvalue weighted by Gasteiger charge is -2.09. The minimum atomic E-state index is 0.266. The van der Waals surface area contributed by atoms with Gasteiger partial charge in [-0.05, 0) is 20.8 Å². The number of guanidine groups is 1. The topological polar surface area (TPSA) is 101 Å². The molecule has 2 heterocycles. The summed E-state index contributed by atoms with van der Waals surface area (Å²) in [6, 6.07) is 0. The van der Waals surface area contributed by atoms with E-state index in [-0.39, 0.29) is 5.92 Å². The van der Waals surface area contributed by atoms with Crippen LogP contribution in [-0.4, -0.2) is 34.2 Å². The Balaban J connectivity index is 1.86. The van der Waals surface area contributed by atoms with Crippen LogP contribution in [0.5, 0.6) is 0 Å². The zero-order valence-electron chi connectivity index (χ0n) is 15.0. The van der Waals surface area contributed by atoms with Crippen molar-refractivity contribution in [3.63, 3.8) is 0 Å². The molecule has 0 radical (unpaired) electrons. The van der Waals surface area contributed by atoms with Gasteiger partial charge in [-0.15, -0.1) is 0 Å². The summed E-state index contributed by atoms with van der Waals surface area (Å²) in [6.07, 6.45) is 0.640. The number of hydrogen-bond donors (Lipinski definition) is 2. The maximum atomic E-state index is 5.53. The fourth-order valence-corrected chi connectivity index (χ4v) is 1.99. The van der Waals surface area contributed by atoms with Crippen LogP contribution in [0.25, 0.3) is 0 Å². The third-order valence-electron chi connectivity index (χ3n) is 3.42. The van der Waals surface area contributed by atoms with Gasteiger partial charge >= 0.3 is 0 Å². The predicted molar refractivity (Wildman–Crippen MR) is 90.9 cm³/mol. The molecule has 8 nitrogen and oxygen atoms in total. The molecule has 0 amide bonds. The van der Waals surface area contributed by atoms with E-state index < -0.39 is 0 Å². The molecular weight excluding hydrogens is 308 g/mol. The Morgan fingerprint density at radius 2 is 1.96 bits per heavy atom. The average Bonchev–Trinajstić information content (AvgIpc) is 3.12. The molecule has 0 saturated carbocycles. The Morgan fingerprint density at radius 3 is 2.54 bits per heavy atom. The molecule has 8 heteroatoms. The zero-order valence-corrected chi connectivity index (χ0v) is 15.0. The van der Waals surface area contributed by atoms with Gasteiger partial charge in [0.15, 0.2) is 11.8 Å². The third-order valence-corrected chi connectivity index (χ3v) is 3.42. The van der Waals surface area contributed by atoms with Crippen LogP contribution >= 0.6 is 0 Å². The summed E-state index contributed by atoms with van der Waals surface area (Å²) in [6.45, 7) is 11.7. The van der Waals surface area contributed by atoms with Gasteiger partial charge in [0.1, 0.15) is 12.3 Å². The van der Waals surface area contributed by atoms with Crippen molar-refractivity contribution in [2.45, 2.75) is 53.5 Å². The first-order valence-corrected chi connectivity index (χ1v) is 8.27. The highest BCUT2D eigenvalue weighted by Gasteiger charge is 2.10. The molecule has 0 unspecified atom stereocenters. The average molecular weight is 334 g/mol. The summed E-state index contributed by atoms with van der Waals surface area (Å²) < 4.78 is 10.8. The summed E-state index contributed by atoms with van der Waals surface area (Å²) in [5.74, 6) is 3.77. The molecule has 2 rings (SSSR count). The number of oxazole rings is 1. The van der Waals surface area contributed by atoms with Crippen molar-refractivity contribution in [2.24, 2.45) is 4.99 Å². The predicted octanol–water partition coefficient (Wildman–Crippen LogP) is 2.10. The molecule has 0 fully saturated rings. The minimum Gasteiger partial charge on any atom is -0.444 e. The quantitative estimate of drug-likeness (QED) is 0.590. The molecule has 24 heavy (non-hydrogen) atoms. The van der Waals surface area contributed by atoms with Gasteiger partial charge in [-0.25, -0.2) is 9.98 Å². The fourth-order valence-electron chi connectivity index (χ4n) is 1.99. The highest BCUT2D eigenvalue weighted by molar-refractivity contribution is 5.79. The molecule has 2 aromatic rings. The Bertz CT molecular complexity index is 654. The van der Waals surface area contributed by atoms with E-state index in [1.54, 1.807) is 0 Å². The van der Waals surface area contributed by atoms with E-state index in [0.717, 1.165) is 23.8 Å². The van der Waals surface area contributed by atoms with E-state index in [0.29, 0.717) is 37.3 Å². The summed E-state index contributed by atoms with van der Waals surface area (Å²) in [5, 5.41) is 10.4. The molecule has 0 aromatic carbocycles. The number of aromatic nitrogens is 3. The van der Waals surface area contributed by atoms with Gasteiger partial charge in [0.2, 0.25) is 11.8 Å². The molecule has 2 aromatic heterocycles. The lowest BCUT2D eigenvalue weighted by atomic mass is 10.2. The van der Waals surface area contributed by atoms with Gasteiger partial charge in [0, 0.05) is 25.4 Å². The molecule has 132 valence electrons. The normalized spacial score (nSPS) is 12.0. The molecule has 0 atom stereocenters. The standard InChI is InChI=1S/C16H26N6O2/c1-6-17-16(19-9-14-20-11(4)12(5)23-14)18-8-7-13-21-15(10(2)3)22-24-13/h10H,6-9H2,1-5H3,(H2,17,18,19). The first kappa shape index (κ1) is 18.0. The van der Waals surface area contributed by atoms with Crippen molar-refractivity contribution in [1.29, 1.82) is 0 Å². The van der Waals surface area contributed by atoms with Crippen LogP contribution in [0, 0.1) is 13.8 Å². The molecule has 0 aliphatic heterocycles. The van der Waals surface area contributed by atoms with Crippen LogP contribution in [0.4, 0.5) is 0 Å². The van der Waals surface area contributed by atoms with E-state index >= 15 is 0 Å². The van der Waals surface area contributed by atoms with Crippen molar-refractivity contribution in [1.82, 2.24) is 25.8 Å². The van der Waals surface area contributed by atoms with Crippen LogP contribution in [0.2, 0.25) is 0 Å². The van der Waals surface area contributed by atoms with E-state index in [2.05, 4.69) is 30.8 Å². The Labute approximate surface area is 142 Å². The number of hydrogen-bond acceptors (Lipinski definition) is 6. The first-order chi connectivity index (χ1) is 11.5. The largest absolute Gasteiger partial charge is 0.444 e. The number of aliphatic imine (C=N–C) groups is 1. The highest BCUT2D eigenvalue weighted by atomic mass is 16.5. The Kier molecular flexibility index (Phi) is 6.34. The fraction of sp³-hybridized carbons (Fsp3) is 0.625. The van der Waals surface area contributed by atoms with E-state index in [1.165, 1.54) is 0 Å². The molecular formula is C16H26N6O2. The lowest BCUT2D eigenvalue weighted by Crippen LogP contribution is -2.38. The summed E-state index contributed by atoms with van der Waals surface area (Å²) in [5.41, 5.74) is 0.899. The number of nitrogens with one attached hydrogen (secondary N) is 2. The molecule has 0 spiro atoms. The SMILES string of the molecule is CCNC(=NCc1nc(C)c(C)o1)NCCc1nc(C(C)C)no1. The number of aryl methyl sites for hydroxylation is 2. The van der Waals surface area contributed by atoms with Crippen molar-refractivity contribution < 1.29 is 8.94 Å². The zero-order chi connectivity index (χ0) is 17.5. The lowest BCUT2D eigenvalue weighted by molar-refractivity contribution is 0.371. The molecule has 0 bridgehead atoms. The maximum absolute atomic E-state index is 5.53. The van der Waals surface area contributed by atoms with E-state index in [9.17, 15) is 0 Å².